The van der Waals surface area contributed by atoms with Crippen LogP contribution in [-0.2, 0) is 11.3 Å². The van der Waals surface area contributed by atoms with Gasteiger partial charge in [0, 0.05) is 12.5 Å². The fraction of sp³-hybridized carbons (Fsp3) is 0.400. The van der Waals surface area contributed by atoms with Gasteiger partial charge >= 0.3 is 0 Å². The molecule has 4 aromatic rings. The van der Waals surface area contributed by atoms with E-state index in [4.69, 9.17) is 4.74 Å². The Labute approximate surface area is 160 Å². The van der Waals surface area contributed by atoms with Crippen molar-refractivity contribution in [2.75, 3.05) is 6.61 Å². The van der Waals surface area contributed by atoms with Crippen molar-refractivity contribution in [3.05, 3.63) is 52.8 Å². The highest BCUT2D eigenvalue weighted by Crippen LogP contribution is 2.38. The smallest absolute Gasteiger partial charge is 0.279 e. The second kappa shape index (κ2) is 6.00. The predicted molar refractivity (Wildman–Crippen MR) is 103 cm³/mol. The normalized spacial score (nSPS) is 19.8. The zero-order valence-electron chi connectivity index (χ0n) is 15.4. The van der Waals surface area contributed by atoms with E-state index in [0.29, 0.717) is 23.8 Å². The largest absolute Gasteiger partial charge is 0.376 e. The van der Waals surface area contributed by atoms with E-state index in [-0.39, 0.29) is 11.7 Å². The second-order valence-electron chi connectivity index (χ2n) is 7.69. The number of nitrogens with zero attached hydrogens (tertiary/aromatic N) is 6. The van der Waals surface area contributed by atoms with Crippen molar-refractivity contribution in [2.45, 2.75) is 44.2 Å². The molecule has 2 aliphatic rings. The molecule has 6 rings (SSSR count). The Hall–Kier alpha value is -3.00. The number of imidazole rings is 1. The number of rotatable bonds is 4. The first-order chi connectivity index (χ1) is 13.8. The highest BCUT2D eigenvalue weighted by atomic mass is 16.5. The molecule has 1 aliphatic heterocycles. The van der Waals surface area contributed by atoms with Crippen LogP contribution in [0.25, 0.3) is 22.4 Å². The summed E-state index contributed by atoms with van der Waals surface area (Å²) in [4.78, 5) is 18.0. The van der Waals surface area contributed by atoms with Gasteiger partial charge in [0.1, 0.15) is 6.33 Å². The van der Waals surface area contributed by atoms with E-state index in [1.165, 1.54) is 0 Å². The van der Waals surface area contributed by atoms with Gasteiger partial charge < -0.3 is 9.30 Å². The summed E-state index contributed by atoms with van der Waals surface area (Å²) in [7, 11) is 0. The standard InChI is InChI=1S/C20H20N6O2/c27-20-18-19(26-11-15(22-23-26)13-7-8-13)21-12-25(18)17-6-2-1-5-16(17)24(20)10-14-4-3-9-28-14/h1-2,5-6,11-14H,3-4,7-10H2. The van der Waals surface area contributed by atoms with Crippen LogP contribution >= 0.6 is 0 Å². The molecule has 4 heterocycles. The molecule has 3 aromatic heterocycles. The van der Waals surface area contributed by atoms with E-state index in [1.807, 2.05) is 39.4 Å². The predicted octanol–water partition coefficient (Wildman–Crippen LogP) is 2.29. The number of aromatic nitrogens is 6. The van der Waals surface area contributed by atoms with Crippen molar-refractivity contribution in [1.29, 1.82) is 0 Å². The highest BCUT2D eigenvalue weighted by Gasteiger charge is 2.28. The minimum Gasteiger partial charge on any atom is -0.376 e. The first-order valence-electron chi connectivity index (χ1n) is 9.82. The Kier molecular flexibility index (Phi) is 3.43. The Morgan fingerprint density at radius 2 is 2.00 bits per heavy atom. The summed E-state index contributed by atoms with van der Waals surface area (Å²) in [5.41, 5.74) is 3.24. The zero-order valence-corrected chi connectivity index (χ0v) is 15.4. The van der Waals surface area contributed by atoms with Crippen LogP contribution in [0.4, 0.5) is 0 Å². The number of hydrogen-bond donors (Lipinski definition) is 0. The molecule has 8 heteroatoms. The third-order valence-corrected chi connectivity index (χ3v) is 5.76. The molecule has 1 aromatic carbocycles. The maximum absolute atomic E-state index is 13.5. The van der Waals surface area contributed by atoms with Gasteiger partial charge in [0.05, 0.1) is 35.6 Å². The van der Waals surface area contributed by atoms with Crippen molar-refractivity contribution in [2.24, 2.45) is 0 Å². The SMILES string of the molecule is O=c1c2c(-n3cc(C4CC4)nn3)ncn2c2ccccc2n1CC1CCCO1. The average Bonchev–Trinajstić information content (AvgIpc) is 3.14. The van der Waals surface area contributed by atoms with Crippen LogP contribution in [0.2, 0.25) is 0 Å². The summed E-state index contributed by atoms with van der Waals surface area (Å²) in [5.74, 6) is 1.02. The highest BCUT2D eigenvalue weighted by molar-refractivity contribution is 5.80. The summed E-state index contributed by atoms with van der Waals surface area (Å²) in [5, 5.41) is 8.52. The summed E-state index contributed by atoms with van der Waals surface area (Å²) in [6, 6.07) is 7.92. The number of hydrogen-bond acceptors (Lipinski definition) is 5. The molecule has 0 radical (unpaired) electrons. The minimum atomic E-state index is -0.0785. The molecular formula is C20H20N6O2. The number of para-hydroxylation sites is 2. The number of ether oxygens (including phenoxy) is 1. The van der Waals surface area contributed by atoms with Gasteiger partial charge in [-0.25, -0.2) is 4.98 Å². The van der Waals surface area contributed by atoms with Crippen LogP contribution < -0.4 is 5.56 Å². The lowest BCUT2D eigenvalue weighted by Crippen LogP contribution is -2.28. The van der Waals surface area contributed by atoms with Crippen LogP contribution in [-0.4, -0.2) is 41.7 Å². The Bertz CT molecular complexity index is 1240. The molecule has 0 bridgehead atoms. The van der Waals surface area contributed by atoms with Crippen molar-refractivity contribution in [3.8, 4) is 5.82 Å². The molecule has 8 nitrogen and oxygen atoms in total. The van der Waals surface area contributed by atoms with Gasteiger partial charge in [-0.1, -0.05) is 17.3 Å². The van der Waals surface area contributed by atoms with E-state index in [0.717, 1.165) is 49.0 Å². The van der Waals surface area contributed by atoms with Crippen molar-refractivity contribution in [3.63, 3.8) is 0 Å². The summed E-state index contributed by atoms with van der Waals surface area (Å²) < 4.78 is 11.1. The Balaban J connectivity index is 1.58. The number of benzene rings is 1. The van der Waals surface area contributed by atoms with Gasteiger partial charge in [-0.05, 0) is 37.8 Å². The molecule has 2 fully saturated rings. The van der Waals surface area contributed by atoms with Crippen molar-refractivity contribution < 1.29 is 4.74 Å². The molecule has 0 amide bonds. The Morgan fingerprint density at radius 3 is 2.79 bits per heavy atom. The quantitative estimate of drug-likeness (QED) is 0.546. The van der Waals surface area contributed by atoms with E-state index >= 15 is 0 Å². The topological polar surface area (TPSA) is 79.2 Å². The molecule has 0 spiro atoms. The van der Waals surface area contributed by atoms with E-state index in [9.17, 15) is 4.79 Å². The molecule has 1 unspecified atom stereocenters. The lowest BCUT2D eigenvalue weighted by molar-refractivity contribution is 0.0973. The van der Waals surface area contributed by atoms with Crippen molar-refractivity contribution >= 4 is 16.6 Å². The van der Waals surface area contributed by atoms with Gasteiger partial charge in [0.15, 0.2) is 11.3 Å². The molecule has 1 aliphatic carbocycles. The zero-order chi connectivity index (χ0) is 18.7. The third kappa shape index (κ3) is 2.41. The molecular weight excluding hydrogens is 356 g/mol. The van der Waals surface area contributed by atoms with Gasteiger partial charge in [0.2, 0.25) is 0 Å². The fourth-order valence-electron chi connectivity index (χ4n) is 4.14. The monoisotopic (exact) mass is 376 g/mol. The van der Waals surface area contributed by atoms with Gasteiger partial charge in [-0.15, -0.1) is 5.10 Å². The average molecular weight is 376 g/mol. The maximum Gasteiger partial charge on any atom is 0.279 e. The number of fused-ring (bicyclic) bond motifs is 3. The van der Waals surface area contributed by atoms with E-state index < -0.39 is 0 Å². The van der Waals surface area contributed by atoms with Crippen LogP contribution in [0.1, 0.15) is 37.3 Å². The molecule has 1 atom stereocenters. The summed E-state index contributed by atoms with van der Waals surface area (Å²) in [6.07, 6.45) is 8.00. The van der Waals surface area contributed by atoms with Crippen LogP contribution in [0.5, 0.6) is 0 Å². The lowest BCUT2D eigenvalue weighted by atomic mass is 10.2. The first kappa shape index (κ1) is 16.0. The molecule has 1 saturated carbocycles. The Morgan fingerprint density at radius 1 is 1.14 bits per heavy atom. The maximum atomic E-state index is 13.5. The first-order valence-corrected chi connectivity index (χ1v) is 9.82. The van der Waals surface area contributed by atoms with Gasteiger partial charge in [-0.2, -0.15) is 4.68 Å². The van der Waals surface area contributed by atoms with E-state index in [2.05, 4.69) is 15.3 Å². The van der Waals surface area contributed by atoms with E-state index in [1.54, 1.807) is 11.0 Å². The van der Waals surface area contributed by atoms with Crippen molar-refractivity contribution in [1.82, 2.24) is 28.9 Å². The molecule has 1 saturated heterocycles. The summed E-state index contributed by atoms with van der Waals surface area (Å²) in [6.45, 7) is 1.31. The molecule has 28 heavy (non-hydrogen) atoms. The van der Waals surface area contributed by atoms with Crippen LogP contribution in [0.3, 0.4) is 0 Å². The summed E-state index contributed by atoms with van der Waals surface area (Å²) >= 11 is 0. The third-order valence-electron chi connectivity index (χ3n) is 5.76. The minimum absolute atomic E-state index is 0.0720. The second-order valence-corrected chi connectivity index (χ2v) is 7.69. The molecule has 142 valence electrons. The van der Waals surface area contributed by atoms with Crippen LogP contribution in [0, 0.1) is 0 Å². The molecule has 0 N–H and O–H groups in total. The fourth-order valence-corrected chi connectivity index (χ4v) is 4.14. The lowest BCUT2D eigenvalue weighted by Gasteiger charge is -2.16. The van der Waals surface area contributed by atoms with Gasteiger partial charge in [0.25, 0.3) is 5.56 Å². The van der Waals surface area contributed by atoms with Crippen LogP contribution in [0.15, 0.2) is 41.6 Å². The van der Waals surface area contributed by atoms with Gasteiger partial charge in [-0.3, -0.25) is 9.20 Å².